The van der Waals surface area contributed by atoms with Crippen molar-refractivity contribution in [2.24, 2.45) is 0 Å². The first-order valence-electron chi connectivity index (χ1n) is 7.51. The zero-order chi connectivity index (χ0) is 17.6. The Morgan fingerprint density at radius 2 is 1.38 bits per heavy atom. The molecule has 4 nitrogen and oxygen atoms in total. The first-order chi connectivity index (χ1) is 11.5. The van der Waals surface area contributed by atoms with Crippen molar-refractivity contribution in [1.29, 1.82) is 0 Å². The van der Waals surface area contributed by atoms with Crippen LogP contribution in [0.25, 0.3) is 0 Å². The van der Waals surface area contributed by atoms with Gasteiger partial charge in [0.25, 0.3) is 0 Å². The van der Waals surface area contributed by atoms with Gasteiger partial charge in [0.15, 0.2) is 0 Å². The molecule has 0 aromatic heterocycles. The monoisotopic (exact) mass is 368 g/mol. The van der Waals surface area contributed by atoms with E-state index in [2.05, 4.69) is 0 Å². The molecule has 0 heterocycles. The Morgan fingerprint density at radius 3 is 1.75 bits per heavy atom. The molecule has 0 radical (unpaired) electrons. The third-order valence-electron chi connectivity index (χ3n) is 3.67. The fourth-order valence-corrected chi connectivity index (χ4v) is 2.70. The molecule has 0 spiro atoms. The zero-order valence-corrected chi connectivity index (χ0v) is 14.4. The summed E-state index contributed by atoms with van der Waals surface area (Å²) in [7, 11) is 0. The van der Waals surface area contributed by atoms with E-state index in [-0.39, 0.29) is 13.2 Å². The van der Waals surface area contributed by atoms with Gasteiger partial charge in [-0.3, -0.25) is 0 Å². The lowest BCUT2D eigenvalue weighted by molar-refractivity contribution is -0.162. The minimum atomic E-state index is -1.66. The molecule has 0 bridgehead atoms. The van der Waals surface area contributed by atoms with E-state index in [9.17, 15) is 9.90 Å². The van der Waals surface area contributed by atoms with Crippen LogP contribution >= 0.6 is 23.2 Å². The van der Waals surface area contributed by atoms with Crippen LogP contribution in [-0.4, -0.2) is 29.4 Å². The summed E-state index contributed by atoms with van der Waals surface area (Å²) in [6, 6.07) is 13.1. The van der Waals surface area contributed by atoms with Crippen molar-refractivity contribution in [1.82, 2.24) is 0 Å². The Kier molecular flexibility index (Phi) is 6.63. The summed E-state index contributed by atoms with van der Waals surface area (Å²) < 4.78 is 5.85. The molecule has 0 fully saturated rings. The number of carbonyl (C=O) groups is 1. The molecule has 0 atom stereocenters. The van der Waals surface area contributed by atoms with Gasteiger partial charge in [0.05, 0.1) is 0 Å². The summed E-state index contributed by atoms with van der Waals surface area (Å²) in [6.07, 6.45) is 1.09. The molecule has 0 amide bonds. The maximum Gasteiger partial charge on any atom is 0.345 e. The molecule has 2 aromatic carbocycles. The predicted octanol–water partition coefficient (Wildman–Crippen LogP) is 4.11. The van der Waals surface area contributed by atoms with Gasteiger partial charge < -0.3 is 14.9 Å². The lowest BCUT2D eigenvalue weighted by Gasteiger charge is -2.31. The quantitative estimate of drug-likeness (QED) is 0.688. The average Bonchev–Trinajstić information content (AvgIpc) is 2.57. The molecule has 0 aliphatic rings. The maximum absolute atomic E-state index is 12.2. The van der Waals surface area contributed by atoms with E-state index in [4.69, 9.17) is 33.0 Å². The van der Waals surface area contributed by atoms with Crippen molar-refractivity contribution in [2.75, 3.05) is 13.2 Å². The number of benzene rings is 2. The van der Waals surface area contributed by atoms with Crippen LogP contribution in [0, 0.1) is 0 Å². The highest BCUT2D eigenvalue weighted by Gasteiger charge is 2.43. The number of carboxylic acids is 1. The van der Waals surface area contributed by atoms with Crippen LogP contribution in [0.3, 0.4) is 0 Å². The molecule has 128 valence electrons. The summed E-state index contributed by atoms with van der Waals surface area (Å²) in [4.78, 5) is 12.2. The van der Waals surface area contributed by atoms with Gasteiger partial charge in [-0.15, -0.1) is 0 Å². The number of aliphatic hydroxyl groups is 1. The van der Waals surface area contributed by atoms with Gasteiger partial charge in [-0.2, -0.15) is 0 Å². The van der Waals surface area contributed by atoms with Crippen molar-refractivity contribution in [3.63, 3.8) is 0 Å². The van der Waals surface area contributed by atoms with E-state index in [1.807, 2.05) is 0 Å². The fraction of sp³-hybridized carbons (Fsp3) is 0.278. The van der Waals surface area contributed by atoms with E-state index in [1.54, 1.807) is 48.5 Å². The lowest BCUT2D eigenvalue weighted by Crippen LogP contribution is -2.40. The second-order valence-electron chi connectivity index (χ2n) is 5.28. The fourth-order valence-electron chi connectivity index (χ4n) is 2.45. The number of carboxylic acid groups (broad SMARTS) is 1. The van der Waals surface area contributed by atoms with Gasteiger partial charge in [-0.1, -0.05) is 47.5 Å². The first kappa shape index (κ1) is 18.7. The summed E-state index contributed by atoms with van der Waals surface area (Å²) in [5, 5.41) is 19.9. The number of aliphatic carboxylic acids is 1. The van der Waals surface area contributed by atoms with E-state index < -0.39 is 11.6 Å². The van der Waals surface area contributed by atoms with E-state index >= 15 is 0 Å². The van der Waals surface area contributed by atoms with Crippen LogP contribution in [0.1, 0.15) is 24.0 Å². The number of ether oxygens (including phenoxy) is 1. The van der Waals surface area contributed by atoms with E-state index in [1.165, 1.54) is 0 Å². The summed E-state index contributed by atoms with van der Waals surface area (Å²) in [5.41, 5.74) is -0.735. The summed E-state index contributed by atoms with van der Waals surface area (Å²) in [5.74, 6) is -1.13. The van der Waals surface area contributed by atoms with Crippen LogP contribution < -0.4 is 0 Å². The van der Waals surface area contributed by atoms with E-state index in [0.29, 0.717) is 34.0 Å². The van der Waals surface area contributed by atoms with Crippen molar-refractivity contribution >= 4 is 29.2 Å². The molecule has 0 saturated carbocycles. The van der Waals surface area contributed by atoms with Crippen molar-refractivity contribution < 1.29 is 19.7 Å². The SMILES string of the molecule is O=C(O)C(OCCCCO)(c1ccc(Cl)cc1)c1ccc(Cl)cc1. The Labute approximate surface area is 150 Å². The van der Waals surface area contributed by atoms with Crippen LogP contribution in [0.4, 0.5) is 0 Å². The number of aliphatic hydroxyl groups excluding tert-OH is 1. The highest BCUT2D eigenvalue weighted by Crippen LogP contribution is 2.35. The van der Waals surface area contributed by atoms with Crippen LogP contribution in [0.2, 0.25) is 10.0 Å². The molecular formula is C18H18Cl2O4. The second kappa shape index (κ2) is 8.49. The number of rotatable bonds is 8. The molecular weight excluding hydrogens is 351 g/mol. The van der Waals surface area contributed by atoms with Gasteiger partial charge >= 0.3 is 5.97 Å². The average molecular weight is 369 g/mol. The summed E-state index contributed by atoms with van der Waals surface area (Å²) >= 11 is 11.8. The van der Waals surface area contributed by atoms with Crippen molar-refractivity contribution in [3.8, 4) is 0 Å². The van der Waals surface area contributed by atoms with Crippen molar-refractivity contribution in [3.05, 3.63) is 69.7 Å². The molecule has 2 rings (SSSR count). The number of unbranched alkanes of at least 4 members (excludes halogenated alkanes) is 1. The molecule has 2 aromatic rings. The van der Waals surface area contributed by atoms with Gasteiger partial charge in [0, 0.05) is 23.3 Å². The largest absolute Gasteiger partial charge is 0.479 e. The first-order valence-corrected chi connectivity index (χ1v) is 8.26. The molecule has 6 heteroatoms. The maximum atomic E-state index is 12.2. The third-order valence-corrected chi connectivity index (χ3v) is 4.18. The normalized spacial score (nSPS) is 11.5. The van der Waals surface area contributed by atoms with Crippen molar-refractivity contribution in [2.45, 2.75) is 18.4 Å². The third kappa shape index (κ3) is 4.08. The van der Waals surface area contributed by atoms with Gasteiger partial charge in [0.1, 0.15) is 0 Å². The molecule has 0 aliphatic heterocycles. The van der Waals surface area contributed by atoms with Gasteiger partial charge in [0.2, 0.25) is 5.60 Å². The van der Waals surface area contributed by atoms with E-state index in [0.717, 1.165) is 0 Å². The smallest absolute Gasteiger partial charge is 0.345 e. The Bertz CT molecular complexity index is 623. The lowest BCUT2D eigenvalue weighted by atomic mass is 9.86. The summed E-state index contributed by atoms with van der Waals surface area (Å²) in [6.45, 7) is 0.226. The minimum absolute atomic E-state index is 0.0331. The molecule has 2 N–H and O–H groups in total. The number of hydrogen-bond donors (Lipinski definition) is 2. The highest BCUT2D eigenvalue weighted by atomic mass is 35.5. The standard InChI is InChI=1S/C18H18Cl2O4/c19-15-7-3-13(4-8-15)18(17(22)23,24-12-2-1-11-21)14-5-9-16(20)10-6-14/h3-10,21H,1-2,11-12H2,(H,22,23). The number of halogens is 2. The Morgan fingerprint density at radius 1 is 0.917 bits per heavy atom. The second-order valence-corrected chi connectivity index (χ2v) is 6.15. The molecule has 0 saturated heterocycles. The molecule has 24 heavy (non-hydrogen) atoms. The predicted molar refractivity (Wildman–Crippen MR) is 93.6 cm³/mol. The van der Waals surface area contributed by atoms with Crippen LogP contribution in [-0.2, 0) is 15.1 Å². The zero-order valence-electron chi connectivity index (χ0n) is 12.9. The Balaban J connectivity index is 2.49. The Hall–Kier alpha value is -1.59. The van der Waals surface area contributed by atoms with Crippen LogP contribution in [0.5, 0.6) is 0 Å². The number of hydrogen-bond acceptors (Lipinski definition) is 3. The molecule has 0 unspecified atom stereocenters. The topological polar surface area (TPSA) is 66.8 Å². The minimum Gasteiger partial charge on any atom is -0.479 e. The van der Waals surface area contributed by atoms with Gasteiger partial charge in [-0.05, 0) is 48.2 Å². The van der Waals surface area contributed by atoms with Crippen LogP contribution in [0.15, 0.2) is 48.5 Å². The van der Waals surface area contributed by atoms with Gasteiger partial charge in [-0.25, -0.2) is 4.79 Å². The highest BCUT2D eigenvalue weighted by molar-refractivity contribution is 6.30. The molecule has 0 aliphatic carbocycles.